The van der Waals surface area contributed by atoms with Crippen LogP contribution in [0.4, 0.5) is 8.78 Å². The molecule has 2 aromatic carbocycles. The molecule has 0 aliphatic carbocycles. The van der Waals surface area contributed by atoms with Crippen LogP contribution in [0, 0.1) is 11.6 Å². The number of nitrogens with one attached hydrogen (secondary N) is 1. The van der Waals surface area contributed by atoms with Crippen LogP contribution in [-0.4, -0.2) is 54.0 Å². The Morgan fingerprint density at radius 3 is 2.00 bits per heavy atom. The molecule has 4 nitrogen and oxygen atoms in total. The normalized spacial score (nSPS) is 22.2. The summed E-state index contributed by atoms with van der Waals surface area (Å²) in [5, 5.41) is 3.48. The second-order valence-corrected chi connectivity index (χ2v) is 8.79. The molecular weight excluding hydrogens is 408 g/mol. The molecule has 4 rings (SSSR count). The van der Waals surface area contributed by atoms with Gasteiger partial charge in [0.15, 0.2) is 0 Å². The highest BCUT2D eigenvalue weighted by Crippen LogP contribution is 2.31. The molecule has 2 saturated heterocycles. The Balaban J connectivity index is 1.52. The highest BCUT2D eigenvalue weighted by atomic mass is 19.1. The van der Waals surface area contributed by atoms with Gasteiger partial charge in [0.05, 0.1) is 6.04 Å². The molecule has 0 bridgehead atoms. The third-order valence-electron chi connectivity index (χ3n) is 6.73. The number of carbonyl (C=O) groups is 1. The lowest BCUT2D eigenvalue weighted by Crippen LogP contribution is -2.62. The Bertz CT molecular complexity index is 870. The minimum Gasteiger partial charge on any atom is -0.339 e. The number of nitrogens with zero attached hydrogens (tertiary/aromatic N) is 2. The van der Waals surface area contributed by atoms with E-state index < -0.39 is 5.54 Å². The summed E-state index contributed by atoms with van der Waals surface area (Å²) in [5.41, 5.74) is 1.37. The van der Waals surface area contributed by atoms with Crippen molar-refractivity contribution < 1.29 is 13.6 Å². The third kappa shape index (κ3) is 4.76. The Kier molecular flexibility index (Phi) is 7.01. The van der Waals surface area contributed by atoms with Gasteiger partial charge >= 0.3 is 0 Å². The van der Waals surface area contributed by atoms with Gasteiger partial charge in [-0.15, -0.1) is 6.58 Å². The summed E-state index contributed by atoms with van der Waals surface area (Å²) in [4.78, 5) is 17.7. The van der Waals surface area contributed by atoms with E-state index in [1.807, 2.05) is 11.0 Å². The van der Waals surface area contributed by atoms with Crippen molar-refractivity contribution in [2.24, 2.45) is 0 Å². The fourth-order valence-electron chi connectivity index (χ4n) is 5.05. The van der Waals surface area contributed by atoms with Crippen LogP contribution in [0.5, 0.6) is 0 Å². The molecule has 1 amide bonds. The number of piperidine rings is 1. The highest BCUT2D eigenvalue weighted by Gasteiger charge is 2.42. The lowest BCUT2D eigenvalue weighted by Gasteiger charge is -2.44. The van der Waals surface area contributed by atoms with Crippen molar-refractivity contribution in [3.05, 3.63) is 83.9 Å². The van der Waals surface area contributed by atoms with Crippen molar-refractivity contribution >= 4 is 5.91 Å². The zero-order chi connectivity index (χ0) is 22.6. The van der Waals surface area contributed by atoms with Crippen molar-refractivity contribution in [2.45, 2.75) is 37.3 Å². The van der Waals surface area contributed by atoms with Gasteiger partial charge in [-0.3, -0.25) is 9.69 Å². The zero-order valence-electron chi connectivity index (χ0n) is 18.4. The molecule has 2 aliphatic rings. The van der Waals surface area contributed by atoms with E-state index in [1.54, 1.807) is 24.3 Å². The first-order valence-corrected chi connectivity index (χ1v) is 11.4. The summed E-state index contributed by atoms with van der Waals surface area (Å²) in [5.74, 6) is -0.402. The van der Waals surface area contributed by atoms with Crippen LogP contribution < -0.4 is 5.32 Å². The van der Waals surface area contributed by atoms with Gasteiger partial charge in [0.2, 0.25) is 5.91 Å². The Morgan fingerprint density at radius 1 is 0.969 bits per heavy atom. The van der Waals surface area contributed by atoms with Crippen molar-refractivity contribution in [3.8, 4) is 0 Å². The Labute approximate surface area is 188 Å². The highest BCUT2D eigenvalue weighted by molar-refractivity contribution is 5.87. The standard InChI is InChI=1S/C26H31F2N3O/c1-2-13-26(14-3-4-15-29-26)25(32)31-18-16-30(17-19-31)24(20-5-9-22(27)10-6-20)21-7-11-23(28)12-8-21/h2,5-12,24,29H,1,3-4,13-19H2/t26-/m1/s1. The average Bonchev–Trinajstić information content (AvgIpc) is 2.82. The van der Waals surface area contributed by atoms with E-state index in [0.29, 0.717) is 32.6 Å². The molecule has 2 aromatic rings. The molecule has 32 heavy (non-hydrogen) atoms. The smallest absolute Gasteiger partial charge is 0.243 e. The SMILES string of the molecule is C=CC[C@]1(C(=O)N2CCN(C(c3ccc(F)cc3)c3ccc(F)cc3)CC2)CCCCN1. The molecule has 1 atom stereocenters. The van der Waals surface area contributed by atoms with Gasteiger partial charge in [0, 0.05) is 26.2 Å². The second kappa shape index (κ2) is 9.92. The average molecular weight is 440 g/mol. The minimum atomic E-state index is -0.532. The van der Waals surface area contributed by atoms with E-state index >= 15 is 0 Å². The van der Waals surface area contributed by atoms with Gasteiger partial charge in [-0.1, -0.05) is 30.3 Å². The number of amides is 1. The Hall–Kier alpha value is -2.57. The third-order valence-corrected chi connectivity index (χ3v) is 6.73. The number of rotatable bonds is 6. The van der Waals surface area contributed by atoms with Gasteiger partial charge in [-0.2, -0.15) is 0 Å². The zero-order valence-corrected chi connectivity index (χ0v) is 18.4. The summed E-state index contributed by atoms with van der Waals surface area (Å²) in [6.45, 7) is 7.35. The van der Waals surface area contributed by atoms with Gasteiger partial charge in [-0.05, 0) is 67.6 Å². The summed E-state index contributed by atoms with van der Waals surface area (Å²) in [7, 11) is 0. The molecule has 1 N–H and O–H groups in total. The van der Waals surface area contributed by atoms with Crippen LogP contribution in [0.2, 0.25) is 0 Å². The van der Waals surface area contributed by atoms with Gasteiger partial charge in [0.1, 0.15) is 17.2 Å². The summed E-state index contributed by atoms with van der Waals surface area (Å²) >= 11 is 0. The summed E-state index contributed by atoms with van der Waals surface area (Å²) in [6.07, 6.45) is 5.46. The molecule has 170 valence electrons. The molecule has 0 spiro atoms. The molecule has 0 radical (unpaired) electrons. The van der Waals surface area contributed by atoms with E-state index in [4.69, 9.17) is 0 Å². The number of halogens is 2. The van der Waals surface area contributed by atoms with Crippen molar-refractivity contribution in [1.82, 2.24) is 15.1 Å². The molecule has 2 fully saturated rings. The molecule has 0 saturated carbocycles. The quantitative estimate of drug-likeness (QED) is 0.683. The van der Waals surface area contributed by atoms with Crippen LogP contribution in [0.15, 0.2) is 61.2 Å². The summed E-state index contributed by atoms with van der Waals surface area (Å²) < 4.78 is 27.1. The number of hydrogen-bond donors (Lipinski definition) is 1. The topological polar surface area (TPSA) is 35.6 Å². The monoisotopic (exact) mass is 439 g/mol. The van der Waals surface area contributed by atoms with Gasteiger partial charge in [-0.25, -0.2) is 8.78 Å². The molecule has 0 unspecified atom stereocenters. The van der Waals surface area contributed by atoms with Crippen molar-refractivity contribution in [3.63, 3.8) is 0 Å². The minimum absolute atomic E-state index is 0.122. The maximum absolute atomic E-state index is 13.5. The molecular formula is C26H31F2N3O. The van der Waals surface area contributed by atoms with E-state index in [2.05, 4.69) is 16.8 Å². The summed E-state index contributed by atoms with van der Waals surface area (Å²) in [6, 6.07) is 12.8. The van der Waals surface area contributed by atoms with Crippen molar-refractivity contribution in [1.29, 1.82) is 0 Å². The van der Waals surface area contributed by atoms with Gasteiger partial charge in [0.25, 0.3) is 0 Å². The van der Waals surface area contributed by atoms with E-state index in [-0.39, 0.29) is 23.6 Å². The maximum atomic E-state index is 13.5. The number of piperazine rings is 1. The fraction of sp³-hybridized carbons (Fsp3) is 0.423. The Morgan fingerprint density at radius 2 is 1.53 bits per heavy atom. The van der Waals surface area contributed by atoms with Crippen LogP contribution in [0.1, 0.15) is 42.9 Å². The molecule has 6 heteroatoms. The largest absolute Gasteiger partial charge is 0.339 e. The lowest BCUT2D eigenvalue weighted by atomic mass is 9.84. The molecule has 2 aliphatic heterocycles. The fourth-order valence-corrected chi connectivity index (χ4v) is 5.05. The van der Waals surface area contributed by atoms with E-state index in [1.165, 1.54) is 24.3 Å². The number of benzene rings is 2. The predicted octanol–water partition coefficient (Wildman–Crippen LogP) is 4.29. The number of hydrogen-bond acceptors (Lipinski definition) is 3. The van der Waals surface area contributed by atoms with E-state index in [9.17, 15) is 13.6 Å². The van der Waals surface area contributed by atoms with Crippen molar-refractivity contribution in [2.75, 3.05) is 32.7 Å². The predicted molar refractivity (Wildman–Crippen MR) is 122 cm³/mol. The lowest BCUT2D eigenvalue weighted by molar-refractivity contribution is -0.141. The molecule has 0 aromatic heterocycles. The first-order valence-electron chi connectivity index (χ1n) is 11.4. The van der Waals surface area contributed by atoms with Crippen LogP contribution in [0.3, 0.4) is 0 Å². The second-order valence-electron chi connectivity index (χ2n) is 8.79. The van der Waals surface area contributed by atoms with Crippen LogP contribution in [-0.2, 0) is 4.79 Å². The van der Waals surface area contributed by atoms with Gasteiger partial charge < -0.3 is 10.2 Å². The maximum Gasteiger partial charge on any atom is 0.243 e. The molecule has 2 heterocycles. The van der Waals surface area contributed by atoms with E-state index in [0.717, 1.165) is 36.9 Å². The first kappa shape index (κ1) is 22.6. The number of carbonyl (C=O) groups excluding carboxylic acids is 1. The van der Waals surface area contributed by atoms with Crippen LogP contribution >= 0.6 is 0 Å². The first-order chi connectivity index (χ1) is 15.5. The van der Waals surface area contributed by atoms with Crippen LogP contribution in [0.25, 0.3) is 0 Å².